The summed E-state index contributed by atoms with van der Waals surface area (Å²) in [5, 5.41) is 6.56. The first-order chi connectivity index (χ1) is 13.2. The van der Waals surface area contributed by atoms with Gasteiger partial charge in [0.05, 0.1) is 7.11 Å². The molecule has 0 atom stereocenters. The van der Waals surface area contributed by atoms with Gasteiger partial charge in [-0.05, 0) is 48.6 Å². The Hall–Kier alpha value is -3.52. The van der Waals surface area contributed by atoms with Gasteiger partial charge in [0.15, 0.2) is 16.3 Å². The molecule has 134 valence electrons. The summed E-state index contributed by atoms with van der Waals surface area (Å²) < 4.78 is 10.9. The van der Waals surface area contributed by atoms with Crippen molar-refractivity contribution in [3.8, 4) is 17.2 Å². The first-order valence-corrected chi connectivity index (χ1v) is 8.52. The van der Waals surface area contributed by atoms with Crippen molar-refractivity contribution in [3.63, 3.8) is 0 Å². The molecule has 0 bridgehead atoms. The van der Waals surface area contributed by atoms with Crippen molar-refractivity contribution in [1.82, 2.24) is 15.0 Å². The predicted octanol–water partition coefficient (Wildman–Crippen LogP) is 4.10. The zero-order valence-electron chi connectivity index (χ0n) is 14.3. The largest absolute Gasteiger partial charge is 0.497 e. The van der Waals surface area contributed by atoms with Crippen LogP contribution in [0.4, 0.5) is 11.5 Å². The van der Waals surface area contributed by atoms with Gasteiger partial charge >= 0.3 is 0 Å². The van der Waals surface area contributed by atoms with E-state index >= 15 is 0 Å². The van der Waals surface area contributed by atoms with Crippen molar-refractivity contribution in [2.75, 3.05) is 17.7 Å². The second-order valence-electron chi connectivity index (χ2n) is 5.59. The molecule has 7 nitrogen and oxygen atoms in total. The van der Waals surface area contributed by atoms with Crippen molar-refractivity contribution in [2.45, 2.75) is 0 Å². The molecule has 0 aliphatic carbocycles. The monoisotopic (exact) mass is 377 g/mol. The summed E-state index contributed by atoms with van der Waals surface area (Å²) in [4.78, 5) is 12.9. The second-order valence-corrected chi connectivity index (χ2v) is 5.99. The van der Waals surface area contributed by atoms with Gasteiger partial charge in [0.1, 0.15) is 11.6 Å². The van der Waals surface area contributed by atoms with Crippen molar-refractivity contribution in [2.24, 2.45) is 0 Å². The number of fused-ring (bicyclic) bond motifs is 1. The van der Waals surface area contributed by atoms with E-state index in [4.69, 9.17) is 21.4 Å². The highest BCUT2D eigenvalue weighted by Crippen LogP contribution is 2.24. The van der Waals surface area contributed by atoms with Crippen molar-refractivity contribution < 1.29 is 9.15 Å². The molecule has 0 aliphatic heterocycles. The maximum absolute atomic E-state index is 5.74. The molecule has 0 fully saturated rings. The van der Waals surface area contributed by atoms with Crippen LogP contribution in [-0.4, -0.2) is 27.2 Å². The Labute approximate surface area is 160 Å². The van der Waals surface area contributed by atoms with Crippen LogP contribution < -0.4 is 15.4 Å². The van der Waals surface area contributed by atoms with E-state index in [0.29, 0.717) is 28.1 Å². The Morgan fingerprint density at radius 1 is 1.04 bits per heavy atom. The minimum Gasteiger partial charge on any atom is -0.497 e. The molecule has 0 amide bonds. The number of hydrogen-bond acceptors (Lipinski definition) is 6. The molecule has 4 aromatic rings. The average molecular weight is 377 g/mol. The summed E-state index contributed by atoms with van der Waals surface area (Å²) in [6.07, 6.45) is 3.34. The number of aromatic nitrogens is 3. The molecule has 8 heteroatoms. The fraction of sp³-hybridized carbons (Fsp3) is 0.0526. The Balaban J connectivity index is 1.51. The molecule has 2 N–H and O–H groups in total. The quantitative estimate of drug-likeness (QED) is 0.514. The minimum absolute atomic E-state index is 0.409. The van der Waals surface area contributed by atoms with E-state index in [1.165, 1.54) is 0 Å². The molecule has 1 aromatic carbocycles. The zero-order valence-corrected chi connectivity index (χ0v) is 15.2. The van der Waals surface area contributed by atoms with Crippen molar-refractivity contribution in [3.05, 3.63) is 60.9 Å². The van der Waals surface area contributed by atoms with E-state index in [-0.39, 0.29) is 0 Å². The number of methoxy groups -OCH3 is 1. The van der Waals surface area contributed by atoms with Crippen molar-refractivity contribution in [1.29, 1.82) is 0 Å². The van der Waals surface area contributed by atoms with Gasteiger partial charge in [-0.15, -0.1) is 0 Å². The van der Waals surface area contributed by atoms with Gasteiger partial charge in [0.2, 0.25) is 5.89 Å². The summed E-state index contributed by atoms with van der Waals surface area (Å²) in [7, 11) is 1.62. The fourth-order valence-electron chi connectivity index (χ4n) is 2.50. The third kappa shape index (κ3) is 3.85. The normalized spacial score (nSPS) is 10.6. The number of ether oxygens (including phenoxy) is 1. The van der Waals surface area contributed by atoms with E-state index in [1.807, 2.05) is 42.5 Å². The van der Waals surface area contributed by atoms with Gasteiger partial charge in [-0.25, -0.2) is 9.97 Å². The minimum atomic E-state index is 0.409. The molecule has 0 radical (unpaired) electrons. The second kappa shape index (κ2) is 7.38. The Morgan fingerprint density at radius 2 is 1.96 bits per heavy atom. The SMILES string of the molecule is COc1cccc(NC(=S)Nc2cc(-c3nc4ncccc4o3)ccn2)c1. The summed E-state index contributed by atoms with van der Waals surface area (Å²) >= 11 is 5.36. The molecule has 0 aliphatic rings. The average Bonchev–Trinajstić information content (AvgIpc) is 3.12. The van der Waals surface area contributed by atoms with Crippen LogP contribution in [0, 0.1) is 0 Å². The van der Waals surface area contributed by atoms with Gasteiger partial charge < -0.3 is 19.8 Å². The van der Waals surface area contributed by atoms with E-state index in [2.05, 4.69) is 25.6 Å². The molecule has 0 spiro atoms. The smallest absolute Gasteiger partial charge is 0.229 e. The van der Waals surface area contributed by atoms with Crippen LogP contribution in [0.2, 0.25) is 0 Å². The molecule has 27 heavy (non-hydrogen) atoms. The van der Waals surface area contributed by atoms with Crippen LogP contribution in [0.3, 0.4) is 0 Å². The topological polar surface area (TPSA) is 85.1 Å². The number of anilines is 2. The number of oxazole rings is 1. The molecule has 4 rings (SSSR count). The third-order valence-electron chi connectivity index (χ3n) is 3.74. The standard InChI is InChI=1S/C19H15N5O2S/c1-25-14-5-2-4-13(11-14)22-19(27)23-16-10-12(7-9-20-16)18-24-17-15(26-18)6-3-8-21-17/h2-11H,1H3,(H2,20,22,23,27). The van der Waals surface area contributed by atoms with E-state index in [9.17, 15) is 0 Å². The molecule has 3 aromatic heterocycles. The molecule has 3 heterocycles. The van der Waals surface area contributed by atoms with Crippen LogP contribution >= 0.6 is 12.2 Å². The Bertz CT molecular complexity index is 1080. The molecule has 0 saturated heterocycles. The highest BCUT2D eigenvalue weighted by atomic mass is 32.1. The highest BCUT2D eigenvalue weighted by molar-refractivity contribution is 7.80. The van der Waals surface area contributed by atoms with Gasteiger partial charge in [-0.2, -0.15) is 4.98 Å². The summed E-state index contributed by atoms with van der Waals surface area (Å²) in [6.45, 7) is 0. The van der Waals surface area contributed by atoms with Crippen LogP contribution in [-0.2, 0) is 0 Å². The first kappa shape index (κ1) is 16.9. The lowest BCUT2D eigenvalue weighted by atomic mass is 10.2. The van der Waals surface area contributed by atoms with Gasteiger partial charge in [0.25, 0.3) is 0 Å². The fourth-order valence-corrected chi connectivity index (χ4v) is 2.73. The van der Waals surface area contributed by atoms with E-state index in [0.717, 1.165) is 17.0 Å². The first-order valence-electron chi connectivity index (χ1n) is 8.11. The van der Waals surface area contributed by atoms with Crippen LogP contribution in [0.25, 0.3) is 22.7 Å². The maximum atomic E-state index is 5.74. The number of nitrogens with one attached hydrogen (secondary N) is 2. The zero-order chi connectivity index (χ0) is 18.6. The number of hydrogen-bond donors (Lipinski definition) is 2. The predicted molar refractivity (Wildman–Crippen MR) is 108 cm³/mol. The number of pyridine rings is 2. The Kier molecular flexibility index (Phi) is 4.63. The van der Waals surface area contributed by atoms with E-state index < -0.39 is 0 Å². The third-order valence-corrected chi connectivity index (χ3v) is 3.95. The maximum Gasteiger partial charge on any atom is 0.229 e. The lowest BCUT2D eigenvalue weighted by Crippen LogP contribution is -2.19. The van der Waals surface area contributed by atoms with Crippen LogP contribution in [0.15, 0.2) is 65.3 Å². The number of thiocarbonyl (C=S) groups is 1. The molecule has 0 unspecified atom stereocenters. The number of benzene rings is 1. The van der Waals surface area contributed by atoms with Crippen LogP contribution in [0.5, 0.6) is 5.75 Å². The number of nitrogens with zero attached hydrogens (tertiary/aromatic N) is 3. The van der Waals surface area contributed by atoms with Gasteiger partial charge in [0, 0.05) is 29.7 Å². The lowest BCUT2D eigenvalue weighted by Gasteiger charge is -2.11. The molecule has 0 saturated carbocycles. The highest BCUT2D eigenvalue weighted by Gasteiger charge is 2.10. The van der Waals surface area contributed by atoms with Crippen molar-refractivity contribution >= 4 is 40.1 Å². The molecular weight excluding hydrogens is 362 g/mol. The lowest BCUT2D eigenvalue weighted by molar-refractivity contribution is 0.415. The summed E-state index contributed by atoms with van der Waals surface area (Å²) in [5.41, 5.74) is 2.78. The van der Waals surface area contributed by atoms with Crippen LogP contribution in [0.1, 0.15) is 0 Å². The van der Waals surface area contributed by atoms with Gasteiger partial charge in [-0.1, -0.05) is 6.07 Å². The summed E-state index contributed by atoms with van der Waals surface area (Å²) in [5.74, 6) is 1.79. The van der Waals surface area contributed by atoms with E-state index in [1.54, 1.807) is 25.6 Å². The summed E-state index contributed by atoms with van der Waals surface area (Å²) in [6, 6.07) is 14.7. The van der Waals surface area contributed by atoms with Gasteiger partial charge in [-0.3, -0.25) is 0 Å². The molecular formula is C19H15N5O2S. The Morgan fingerprint density at radius 3 is 2.81 bits per heavy atom. The number of rotatable bonds is 4.